The summed E-state index contributed by atoms with van der Waals surface area (Å²) in [4.78, 5) is 10.8. The number of hydrogen-bond donors (Lipinski definition) is 0. The van der Waals surface area contributed by atoms with Gasteiger partial charge < -0.3 is 4.74 Å². The van der Waals surface area contributed by atoms with Gasteiger partial charge in [0.1, 0.15) is 5.75 Å². The van der Waals surface area contributed by atoms with Crippen molar-refractivity contribution in [2.45, 2.75) is 12.1 Å². The minimum absolute atomic E-state index is 0.201. The van der Waals surface area contributed by atoms with Gasteiger partial charge in [-0.3, -0.25) is 4.79 Å². The molecule has 0 aliphatic rings. The Bertz CT molecular complexity index is 373. The maximum Gasteiger partial charge on any atom is 0.403 e. The van der Waals surface area contributed by atoms with Crippen molar-refractivity contribution in [1.82, 2.24) is 0 Å². The molecule has 0 saturated carbocycles. The Morgan fingerprint density at radius 2 is 1.81 bits per heavy atom. The molecule has 0 N–H and O–H groups in total. The second-order valence-electron chi connectivity index (χ2n) is 3.05. The van der Waals surface area contributed by atoms with E-state index in [9.17, 15) is 18.0 Å². The third kappa shape index (κ3) is 2.88. The van der Waals surface area contributed by atoms with Crippen molar-refractivity contribution in [1.29, 1.82) is 0 Å². The largest absolute Gasteiger partial charge is 0.497 e. The second kappa shape index (κ2) is 4.74. The maximum absolute atomic E-state index is 12.5. The van der Waals surface area contributed by atoms with Crippen LogP contribution in [0.1, 0.15) is 11.5 Å². The van der Waals surface area contributed by atoms with E-state index < -0.39 is 17.3 Å². The zero-order valence-electron chi connectivity index (χ0n) is 8.22. The van der Waals surface area contributed by atoms with E-state index in [1.54, 1.807) is 0 Å². The van der Waals surface area contributed by atoms with E-state index in [1.807, 2.05) is 0 Å². The smallest absolute Gasteiger partial charge is 0.403 e. The molecule has 0 fully saturated rings. The highest BCUT2D eigenvalue weighted by molar-refractivity contribution is 6.64. The first-order chi connectivity index (χ1) is 7.36. The van der Waals surface area contributed by atoms with Crippen molar-refractivity contribution < 1.29 is 22.7 Å². The van der Waals surface area contributed by atoms with Gasteiger partial charge in [-0.05, 0) is 29.3 Å². The molecular formula is C10H8ClF3O2. The Morgan fingerprint density at radius 3 is 2.12 bits per heavy atom. The number of rotatable bonds is 3. The van der Waals surface area contributed by atoms with Crippen LogP contribution in [0.15, 0.2) is 24.3 Å². The maximum atomic E-state index is 12.5. The van der Waals surface area contributed by atoms with Gasteiger partial charge in [0, 0.05) is 0 Å². The van der Waals surface area contributed by atoms with E-state index in [0.717, 1.165) is 12.1 Å². The van der Waals surface area contributed by atoms with Gasteiger partial charge in [-0.15, -0.1) is 0 Å². The summed E-state index contributed by atoms with van der Waals surface area (Å²) in [5.41, 5.74) is -0.201. The van der Waals surface area contributed by atoms with Crippen LogP contribution in [0.25, 0.3) is 0 Å². The summed E-state index contributed by atoms with van der Waals surface area (Å²) >= 11 is 4.95. The minimum atomic E-state index is -4.69. The predicted octanol–water partition coefficient (Wildman–Crippen LogP) is 3.11. The van der Waals surface area contributed by atoms with Gasteiger partial charge in [-0.2, -0.15) is 13.2 Å². The van der Waals surface area contributed by atoms with Crippen molar-refractivity contribution in [3.63, 3.8) is 0 Å². The molecule has 0 spiro atoms. The fourth-order valence-electron chi connectivity index (χ4n) is 1.25. The third-order valence-corrected chi connectivity index (χ3v) is 2.22. The molecule has 0 saturated heterocycles. The van der Waals surface area contributed by atoms with E-state index in [4.69, 9.17) is 16.3 Å². The SMILES string of the molecule is COc1ccc(C(C(=O)Cl)C(F)(F)F)cc1. The number of carbonyl (C=O) groups is 1. The molecule has 2 nitrogen and oxygen atoms in total. The molecular weight excluding hydrogens is 245 g/mol. The molecule has 1 aromatic carbocycles. The van der Waals surface area contributed by atoms with E-state index in [-0.39, 0.29) is 5.56 Å². The molecule has 1 unspecified atom stereocenters. The number of hydrogen-bond acceptors (Lipinski definition) is 2. The molecule has 0 aromatic heterocycles. The Hall–Kier alpha value is -1.23. The predicted molar refractivity (Wildman–Crippen MR) is 52.7 cm³/mol. The quantitative estimate of drug-likeness (QED) is 0.773. The summed E-state index contributed by atoms with van der Waals surface area (Å²) in [6.45, 7) is 0. The summed E-state index contributed by atoms with van der Waals surface area (Å²) in [5, 5.41) is -1.45. The number of carbonyl (C=O) groups excluding carboxylic acids is 1. The van der Waals surface area contributed by atoms with E-state index in [1.165, 1.54) is 19.2 Å². The molecule has 1 aromatic rings. The number of ether oxygens (including phenoxy) is 1. The van der Waals surface area contributed by atoms with Crippen LogP contribution in [-0.2, 0) is 4.79 Å². The summed E-state index contributed by atoms with van der Waals surface area (Å²) in [6.07, 6.45) is -4.69. The fourth-order valence-corrected chi connectivity index (χ4v) is 1.49. The van der Waals surface area contributed by atoms with E-state index in [0.29, 0.717) is 5.75 Å². The summed E-state index contributed by atoms with van der Waals surface area (Å²) in [6, 6.07) is 5.01. The molecule has 0 radical (unpaired) electrons. The van der Waals surface area contributed by atoms with Gasteiger partial charge in [0.2, 0.25) is 5.24 Å². The van der Waals surface area contributed by atoms with E-state index in [2.05, 4.69) is 0 Å². The average Bonchev–Trinajstić information content (AvgIpc) is 2.16. The first kappa shape index (κ1) is 12.8. The molecule has 0 heterocycles. The van der Waals surface area contributed by atoms with Crippen LogP contribution in [0.2, 0.25) is 0 Å². The lowest BCUT2D eigenvalue weighted by atomic mass is 10.00. The summed E-state index contributed by atoms with van der Waals surface area (Å²) in [7, 11) is 1.39. The van der Waals surface area contributed by atoms with Crippen molar-refractivity contribution in [2.75, 3.05) is 7.11 Å². The van der Waals surface area contributed by atoms with Gasteiger partial charge >= 0.3 is 6.18 Å². The lowest BCUT2D eigenvalue weighted by Gasteiger charge is -2.16. The van der Waals surface area contributed by atoms with Gasteiger partial charge in [0.05, 0.1) is 7.11 Å². The van der Waals surface area contributed by atoms with Crippen LogP contribution in [0.5, 0.6) is 5.75 Å². The summed E-state index contributed by atoms with van der Waals surface area (Å²) < 4.78 is 42.3. The zero-order valence-corrected chi connectivity index (χ0v) is 8.97. The topological polar surface area (TPSA) is 26.3 Å². The standard InChI is InChI=1S/C10H8ClF3O2/c1-16-7-4-2-6(3-5-7)8(9(11)15)10(12,13)14/h2-5,8H,1H3. The molecule has 0 aliphatic heterocycles. The normalized spacial score (nSPS) is 13.3. The van der Waals surface area contributed by atoms with Crippen LogP contribution in [-0.4, -0.2) is 18.5 Å². The highest BCUT2D eigenvalue weighted by Crippen LogP contribution is 2.36. The van der Waals surface area contributed by atoms with Crippen LogP contribution in [0, 0.1) is 0 Å². The Balaban J connectivity index is 3.07. The second-order valence-corrected chi connectivity index (χ2v) is 3.42. The van der Waals surface area contributed by atoms with Gasteiger partial charge in [-0.25, -0.2) is 0 Å². The van der Waals surface area contributed by atoms with Crippen LogP contribution in [0.3, 0.4) is 0 Å². The van der Waals surface area contributed by atoms with Crippen LogP contribution < -0.4 is 4.74 Å². The van der Waals surface area contributed by atoms with Crippen molar-refractivity contribution in [2.24, 2.45) is 0 Å². The van der Waals surface area contributed by atoms with Crippen LogP contribution in [0.4, 0.5) is 13.2 Å². The molecule has 0 bridgehead atoms. The highest BCUT2D eigenvalue weighted by atomic mass is 35.5. The van der Waals surface area contributed by atoms with E-state index >= 15 is 0 Å². The molecule has 1 atom stereocenters. The average molecular weight is 253 g/mol. The molecule has 88 valence electrons. The van der Waals surface area contributed by atoms with Crippen molar-refractivity contribution in [3.8, 4) is 5.75 Å². The zero-order chi connectivity index (χ0) is 12.3. The Labute approximate surface area is 95.0 Å². The first-order valence-corrected chi connectivity index (χ1v) is 4.64. The van der Waals surface area contributed by atoms with Gasteiger partial charge in [0.15, 0.2) is 5.92 Å². The molecule has 0 aliphatic carbocycles. The molecule has 0 amide bonds. The molecule has 16 heavy (non-hydrogen) atoms. The van der Waals surface area contributed by atoms with Gasteiger partial charge in [0.25, 0.3) is 0 Å². The third-order valence-electron chi connectivity index (χ3n) is 2.00. The monoisotopic (exact) mass is 252 g/mol. The lowest BCUT2D eigenvalue weighted by Crippen LogP contribution is -2.25. The molecule has 6 heteroatoms. The Kier molecular flexibility index (Phi) is 3.80. The molecule has 1 rings (SSSR count). The van der Waals surface area contributed by atoms with Crippen LogP contribution >= 0.6 is 11.6 Å². The fraction of sp³-hybridized carbons (Fsp3) is 0.300. The number of halogens is 4. The lowest BCUT2D eigenvalue weighted by molar-refractivity contribution is -0.158. The first-order valence-electron chi connectivity index (χ1n) is 4.26. The Morgan fingerprint density at radius 1 is 1.31 bits per heavy atom. The number of methoxy groups -OCH3 is 1. The minimum Gasteiger partial charge on any atom is -0.497 e. The summed E-state index contributed by atoms with van der Waals surface area (Å²) in [5.74, 6) is -1.88. The highest BCUT2D eigenvalue weighted by Gasteiger charge is 2.45. The van der Waals surface area contributed by atoms with Crippen molar-refractivity contribution >= 4 is 16.8 Å². The number of alkyl halides is 3. The van der Waals surface area contributed by atoms with Gasteiger partial charge in [-0.1, -0.05) is 12.1 Å². The van der Waals surface area contributed by atoms with Crippen molar-refractivity contribution in [3.05, 3.63) is 29.8 Å². The number of benzene rings is 1.